The average Bonchev–Trinajstić information content (AvgIpc) is 3.47. The summed E-state index contributed by atoms with van der Waals surface area (Å²) in [5.74, 6) is 5.48. The summed E-state index contributed by atoms with van der Waals surface area (Å²) >= 11 is 1.55. The number of rotatable bonds is 8. The molecule has 0 atom stereocenters. The van der Waals surface area contributed by atoms with Gasteiger partial charge in [0.25, 0.3) is 0 Å². The van der Waals surface area contributed by atoms with Crippen LogP contribution in [-0.4, -0.2) is 37.4 Å². The van der Waals surface area contributed by atoms with E-state index in [2.05, 4.69) is 20.7 Å². The molecule has 6 N–H and O–H groups in total. The van der Waals surface area contributed by atoms with Crippen molar-refractivity contribution in [2.75, 3.05) is 0 Å². The van der Waals surface area contributed by atoms with Crippen LogP contribution in [0.15, 0.2) is 41.4 Å². The molecule has 0 saturated carbocycles. The van der Waals surface area contributed by atoms with Crippen LogP contribution in [0.4, 0.5) is 0 Å². The van der Waals surface area contributed by atoms with E-state index in [4.69, 9.17) is 16.6 Å². The van der Waals surface area contributed by atoms with Gasteiger partial charge < -0.3 is 15.7 Å². The maximum atomic E-state index is 11.7. The van der Waals surface area contributed by atoms with Crippen molar-refractivity contribution >= 4 is 45.2 Å². The van der Waals surface area contributed by atoms with Gasteiger partial charge in [0.1, 0.15) is 5.01 Å². The number of aromatic nitrogens is 4. The fraction of sp³-hybridized carbons (Fsp3) is 0.200. The number of nitrogens with two attached hydrogens (primary N) is 2. The zero-order valence-electron chi connectivity index (χ0n) is 17.2. The van der Waals surface area contributed by atoms with Gasteiger partial charge in [-0.05, 0) is 18.6 Å². The fourth-order valence-corrected chi connectivity index (χ4v) is 4.57. The van der Waals surface area contributed by atoms with Crippen molar-refractivity contribution in [2.45, 2.75) is 19.9 Å². The maximum Gasteiger partial charge on any atom is 0.230 e. The van der Waals surface area contributed by atoms with E-state index in [9.17, 15) is 4.79 Å². The number of benzene rings is 1. The zero-order valence-corrected chi connectivity index (χ0v) is 18.0. The molecule has 1 aromatic carbocycles. The molecule has 10 nitrogen and oxygen atoms in total. The zero-order chi connectivity index (χ0) is 22.0. The average molecular weight is 438 g/mol. The second kappa shape index (κ2) is 8.58. The second-order valence-electron chi connectivity index (χ2n) is 7.03. The van der Waals surface area contributed by atoms with Gasteiger partial charge in [0.2, 0.25) is 6.41 Å². The van der Waals surface area contributed by atoms with E-state index in [1.54, 1.807) is 23.7 Å². The van der Waals surface area contributed by atoms with Crippen LogP contribution < -0.4 is 17.0 Å². The highest BCUT2D eigenvalue weighted by molar-refractivity contribution is 7.19. The molecule has 11 heteroatoms. The van der Waals surface area contributed by atoms with E-state index >= 15 is 0 Å². The van der Waals surface area contributed by atoms with Crippen LogP contribution >= 0.6 is 11.3 Å². The molecular weight excluding hydrogens is 414 g/mol. The molecule has 3 aromatic heterocycles. The molecule has 160 valence electrons. The van der Waals surface area contributed by atoms with E-state index in [-0.39, 0.29) is 0 Å². The minimum atomic E-state index is 0.340. The number of nitrogens with one attached hydrogen (secondary N) is 2. The number of hydrazone groups is 1. The molecule has 1 amide bonds. The molecule has 0 unspecified atom stereocenters. The Hall–Kier alpha value is -3.70. The van der Waals surface area contributed by atoms with Crippen LogP contribution in [0.2, 0.25) is 0 Å². The van der Waals surface area contributed by atoms with E-state index in [1.807, 2.05) is 36.7 Å². The third kappa shape index (κ3) is 3.88. The van der Waals surface area contributed by atoms with E-state index in [0.29, 0.717) is 25.1 Å². The van der Waals surface area contributed by atoms with Crippen LogP contribution in [0, 0.1) is 6.92 Å². The number of thiazole rings is 1. The Kier molecular flexibility index (Phi) is 5.69. The van der Waals surface area contributed by atoms with Gasteiger partial charge in [-0.25, -0.2) is 9.99 Å². The molecule has 0 spiro atoms. The largest absolute Gasteiger partial charge is 0.403 e. The summed E-state index contributed by atoms with van der Waals surface area (Å²) in [7, 11) is 1.95. The predicted molar refractivity (Wildman–Crippen MR) is 122 cm³/mol. The molecule has 0 aliphatic carbocycles. The van der Waals surface area contributed by atoms with Gasteiger partial charge in [-0.3, -0.25) is 15.7 Å². The van der Waals surface area contributed by atoms with Crippen molar-refractivity contribution in [3.63, 3.8) is 0 Å². The smallest absolute Gasteiger partial charge is 0.230 e. The van der Waals surface area contributed by atoms with Gasteiger partial charge in [0.15, 0.2) is 5.65 Å². The number of allylic oxidation sites excluding steroid dienone is 1. The summed E-state index contributed by atoms with van der Waals surface area (Å²) in [6.07, 6.45) is 6.12. The standard InChI is InChI=1S/C20H23N9OS/c1-12-15(19-20(28(12)2)25-18(31-19)6-14(7-21)26-22)9-24-29(11-30)10-13-4-3-5-17-16(13)8-23-27-17/h3-5,7-9,11,26H,6,10,21-22H2,1-2H3,(H,23,27)/b14-7-,24-9-. The molecule has 0 aliphatic rings. The van der Waals surface area contributed by atoms with Gasteiger partial charge in [-0.1, -0.05) is 12.1 Å². The number of hydrogen-bond acceptors (Lipinski definition) is 8. The second-order valence-corrected chi connectivity index (χ2v) is 8.11. The van der Waals surface area contributed by atoms with Gasteiger partial charge in [-0.2, -0.15) is 10.2 Å². The minimum absolute atomic E-state index is 0.340. The molecule has 0 bridgehead atoms. The number of amides is 1. The molecular formula is C20H23N9OS. The maximum absolute atomic E-state index is 11.7. The Labute approximate surface area is 182 Å². The molecule has 0 saturated heterocycles. The lowest BCUT2D eigenvalue weighted by Crippen LogP contribution is -2.23. The Morgan fingerprint density at radius 3 is 3.03 bits per heavy atom. The van der Waals surface area contributed by atoms with E-state index in [0.717, 1.165) is 43.1 Å². The first-order valence-electron chi connectivity index (χ1n) is 9.54. The molecule has 4 aromatic rings. The molecule has 4 rings (SSSR count). The summed E-state index contributed by atoms with van der Waals surface area (Å²) in [6, 6.07) is 5.82. The first-order chi connectivity index (χ1) is 15.0. The lowest BCUT2D eigenvalue weighted by Gasteiger charge is -2.11. The summed E-state index contributed by atoms with van der Waals surface area (Å²) in [6.45, 7) is 2.34. The summed E-state index contributed by atoms with van der Waals surface area (Å²) in [5.41, 5.74) is 13.5. The third-order valence-corrected chi connectivity index (χ3v) is 6.28. The summed E-state index contributed by atoms with van der Waals surface area (Å²) in [5, 5.41) is 14.7. The Balaban J connectivity index is 1.63. The highest BCUT2D eigenvalue weighted by Gasteiger charge is 2.17. The molecule has 0 fully saturated rings. The van der Waals surface area contributed by atoms with Gasteiger partial charge >= 0.3 is 0 Å². The topological polar surface area (TPSA) is 143 Å². The van der Waals surface area contributed by atoms with E-state index in [1.165, 1.54) is 11.2 Å². The Bertz CT molecular complexity index is 1300. The van der Waals surface area contributed by atoms with Crippen molar-refractivity contribution in [2.24, 2.45) is 23.7 Å². The van der Waals surface area contributed by atoms with Crippen LogP contribution in [-0.2, 0) is 24.8 Å². The summed E-state index contributed by atoms with van der Waals surface area (Å²) in [4.78, 5) is 16.4. The van der Waals surface area contributed by atoms with E-state index < -0.39 is 0 Å². The molecule has 3 heterocycles. The first-order valence-corrected chi connectivity index (χ1v) is 10.4. The fourth-order valence-electron chi connectivity index (χ4n) is 3.39. The predicted octanol–water partition coefficient (Wildman–Crippen LogP) is 1.62. The Morgan fingerprint density at radius 1 is 1.45 bits per heavy atom. The van der Waals surface area contributed by atoms with Crippen LogP contribution in [0.3, 0.4) is 0 Å². The third-order valence-electron chi connectivity index (χ3n) is 5.20. The quantitative estimate of drug-likeness (QED) is 0.143. The van der Waals surface area contributed by atoms with Gasteiger partial charge in [0, 0.05) is 42.0 Å². The number of carbonyl (C=O) groups is 1. The first kappa shape index (κ1) is 20.6. The number of nitrogens with zero attached hydrogens (tertiary/aromatic N) is 5. The van der Waals surface area contributed by atoms with Crippen LogP contribution in [0.5, 0.6) is 0 Å². The SMILES string of the molecule is Cc1c(/C=N\N(C=O)Cc2cccc3[nH]ncc23)c2sc(C/C(=C/N)NN)nc2n1C. The van der Waals surface area contributed by atoms with Crippen molar-refractivity contribution < 1.29 is 4.79 Å². The number of H-pyrrole nitrogens is 1. The minimum Gasteiger partial charge on any atom is -0.403 e. The highest BCUT2D eigenvalue weighted by atomic mass is 32.1. The lowest BCUT2D eigenvalue weighted by atomic mass is 10.1. The number of hydrazine groups is 1. The molecule has 31 heavy (non-hydrogen) atoms. The van der Waals surface area contributed by atoms with Crippen LogP contribution in [0.1, 0.15) is 21.8 Å². The summed E-state index contributed by atoms with van der Waals surface area (Å²) < 4.78 is 3.01. The van der Waals surface area contributed by atoms with Crippen molar-refractivity contribution in [1.29, 1.82) is 0 Å². The van der Waals surface area contributed by atoms with Crippen molar-refractivity contribution in [1.82, 2.24) is 30.2 Å². The molecule has 0 aliphatic heterocycles. The number of carbonyl (C=O) groups excluding carboxylic acids is 1. The number of hydrogen-bond donors (Lipinski definition) is 4. The number of aromatic amines is 1. The Morgan fingerprint density at radius 2 is 2.29 bits per heavy atom. The molecule has 0 radical (unpaired) electrons. The van der Waals surface area contributed by atoms with Crippen LogP contribution in [0.25, 0.3) is 21.3 Å². The number of aryl methyl sites for hydroxylation is 1. The monoisotopic (exact) mass is 437 g/mol. The van der Waals surface area contributed by atoms with Crippen molar-refractivity contribution in [3.05, 3.63) is 58.1 Å². The van der Waals surface area contributed by atoms with Gasteiger partial charge in [-0.15, -0.1) is 11.3 Å². The highest BCUT2D eigenvalue weighted by Crippen LogP contribution is 2.30. The normalized spacial score (nSPS) is 12.3. The number of fused-ring (bicyclic) bond motifs is 2. The van der Waals surface area contributed by atoms with Crippen molar-refractivity contribution in [3.8, 4) is 0 Å². The lowest BCUT2D eigenvalue weighted by molar-refractivity contribution is -0.118. The van der Waals surface area contributed by atoms with Gasteiger partial charge in [0.05, 0.1) is 29.2 Å².